The zero-order valence-corrected chi connectivity index (χ0v) is 14.3. The van der Waals surface area contributed by atoms with E-state index in [9.17, 15) is 9.90 Å². The van der Waals surface area contributed by atoms with Crippen LogP contribution in [-0.2, 0) is 5.41 Å². The van der Waals surface area contributed by atoms with Gasteiger partial charge in [0, 0.05) is 12.0 Å². The first-order chi connectivity index (χ1) is 10.9. The highest BCUT2D eigenvalue weighted by atomic mass is 16.5. The molecule has 23 heavy (non-hydrogen) atoms. The van der Waals surface area contributed by atoms with E-state index < -0.39 is 6.10 Å². The minimum Gasteiger partial charge on any atom is -0.497 e. The molecule has 1 aromatic carbocycles. The van der Waals surface area contributed by atoms with E-state index in [4.69, 9.17) is 4.74 Å². The van der Waals surface area contributed by atoms with Gasteiger partial charge in [0.2, 0.25) is 0 Å². The van der Waals surface area contributed by atoms with Gasteiger partial charge in [-0.25, -0.2) is 4.79 Å². The van der Waals surface area contributed by atoms with Gasteiger partial charge in [-0.05, 0) is 30.5 Å². The minimum atomic E-state index is -0.427. The van der Waals surface area contributed by atoms with E-state index in [2.05, 4.69) is 24.5 Å². The molecule has 3 N–H and O–H groups in total. The van der Waals surface area contributed by atoms with Crippen LogP contribution in [0.2, 0.25) is 0 Å². The first-order valence-corrected chi connectivity index (χ1v) is 8.29. The van der Waals surface area contributed by atoms with Crippen LogP contribution in [0.5, 0.6) is 5.75 Å². The molecule has 2 rings (SSSR count). The third-order valence-electron chi connectivity index (χ3n) is 4.61. The molecule has 1 aliphatic carbocycles. The SMILES string of the molecule is COc1ccc(C(C)(C)CNC(=O)NC2CCCCC2O)cc1. The zero-order chi connectivity index (χ0) is 16.9. The third kappa shape index (κ3) is 4.86. The summed E-state index contributed by atoms with van der Waals surface area (Å²) in [7, 11) is 1.64. The Morgan fingerprint density at radius 2 is 1.91 bits per heavy atom. The normalized spacial score (nSPS) is 21.6. The summed E-state index contributed by atoms with van der Waals surface area (Å²) in [6.07, 6.45) is 3.27. The van der Waals surface area contributed by atoms with Crippen LogP contribution < -0.4 is 15.4 Å². The van der Waals surface area contributed by atoms with E-state index in [1.807, 2.05) is 24.3 Å². The highest BCUT2D eigenvalue weighted by Crippen LogP contribution is 2.24. The van der Waals surface area contributed by atoms with Crippen molar-refractivity contribution in [3.05, 3.63) is 29.8 Å². The maximum absolute atomic E-state index is 12.1. The summed E-state index contributed by atoms with van der Waals surface area (Å²) in [5, 5.41) is 15.7. The fourth-order valence-corrected chi connectivity index (χ4v) is 2.94. The Balaban J connectivity index is 1.86. The Kier molecular flexibility index (Phi) is 5.88. The number of aliphatic hydroxyl groups excluding tert-OH is 1. The van der Waals surface area contributed by atoms with Crippen molar-refractivity contribution in [2.45, 2.75) is 57.1 Å². The summed E-state index contributed by atoms with van der Waals surface area (Å²) in [4.78, 5) is 12.1. The number of hydrogen-bond donors (Lipinski definition) is 3. The lowest BCUT2D eigenvalue weighted by Gasteiger charge is -2.30. The Bertz CT molecular complexity index is 514. The van der Waals surface area contributed by atoms with E-state index in [1.54, 1.807) is 7.11 Å². The number of aliphatic hydroxyl groups is 1. The van der Waals surface area contributed by atoms with Gasteiger partial charge < -0.3 is 20.5 Å². The topological polar surface area (TPSA) is 70.6 Å². The molecule has 5 nitrogen and oxygen atoms in total. The van der Waals surface area contributed by atoms with Crippen LogP contribution in [0, 0.1) is 0 Å². The number of carbonyl (C=O) groups is 1. The summed E-state index contributed by atoms with van der Waals surface area (Å²) < 4.78 is 5.17. The molecule has 0 saturated heterocycles. The van der Waals surface area contributed by atoms with E-state index in [-0.39, 0.29) is 17.5 Å². The summed E-state index contributed by atoms with van der Waals surface area (Å²) >= 11 is 0. The van der Waals surface area contributed by atoms with Crippen molar-refractivity contribution in [2.24, 2.45) is 0 Å². The van der Waals surface area contributed by atoms with Gasteiger partial charge in [-0.3, -0.25) is 0 Å². The summed E-state index contributed by atoms with van der Waals surface area (Å²) in [6, 6.07) is 7.54. The van der Waals surface area contributed by atoms with Crippen molar-refractivity contribution in [1.82, 2.24) is 10.6 Å². The predicted molar refractivity (Wildman–Crippen MR) is 90.8 cm³/mol. The smallest absolute Gasteiger partial charge is 0.315 e. The second-order valence-corrected chi connectivity index (χ2v) is 6.90. The first-order valence-electron chi connectivity index (χ1n) is 8.29. The van der Waals surface area contributed by atoms with Crippen molar-refractivity contribution in [2.75, 3.05) is 13.7 Å². The summed E-state index contributed by atoms with van der Waals surface area (Å²) in [6.45, 7) is 4.70. The molecular weight excluding hydrogens is 292 g/mol. The number of urea groups is 1. The molecule has 0 aliphatic heterocycles. The van der Waals surface area contributed by atoms with Gasteiger partial charge in [0.25, 0.3) is 0 Å². The zero-order valence-electron chi connectivity index (χ0n) is 14.3. The predicted octanol–water partition coefficient (Wildman–Crippen LogP) is 2.58. The maximum atomic E-state index is 12.1. The number of nitrogens with one attached hydrogen (secondary N) is 2. The van der Waals surface area contributed by atoms with Crippen LogP contribution in [0.15, 0.2) is 24.3 Å². The van der Waals surface area contributed by atoms with Gasteiger partial charge in [-0.15, -0.1) is 0 Å². The fourth-order valence-electron chi connectivity index (χ4n) is 2.94. The Hall–Kier alpha value is -1.75. The molecule has 1 saturated carbocycles. The molecule has 1 aromatic rings. The molecule has 1 fully saturated rings. The average molecular weight is 320 g/mol. The Labute approximate surface area is 138 Å². The minimum absolute atomic E-state index is 0.132. The number of methoxy groups -OCH3 is 1. The van der Waals surface area contributed by atoms with Crippen LogP contribution in [0.4, 0.5) is 4.79 Å². The van der Waals surface area contributed by atoms with Crippen molar-refractivity contribution in [1.29, 1.82) is 0 Å². The maximum Gasteiger partial charge on any atom is 0.315 e. The van der Waals surface area contributed by atoms with Crippen molar-refractivity contribution >= 4 is 6.03 Å². The van der Waals surface area contributed by atoms with Gasteiger partial charge >= 0.3 is 6.03 Å². The molecule has 2 atom stereocenters. The van der Waals surface area contributed by atoms with Gasteiger partial charge in [0.1, 0.15) is 5.75 Å². The number of hydrogen-bond acceptors (Lipinski definition) is 3. The van der Waals surface area contributed by atoms with E-state index in [0.717, 1.165) is 37.0 Å². The fraction of sp³-hybridized carbons (Fsp3) is 0.611. The lowest BCUT2D eigenvalue weighted by Crippen LogP contribution is -2.50. The van der Waals surface area contributed by atoms with Crippen molar-refractivity contribution in [3.8, 4) is 5.75 Å². The molecule has 0 bridgehead atoms. The van der Waals surface area contributed by atoms with Crippen LogP contribution in [0.1, 0.15) is 45.1 Å². The van der Waals surface area contributed by atoms with Crippen LogP contribution in [0.3, 0.4) is 0 Å². The quantitative estimate of drug-likeness (QED) is 0.781. The number of rotatable bonds is 5. The molecule has 2 amide bonds. The van der Waals surface area contributed by atoms with Crippen molar-refractivity contribution in [3.63, 3.8) is 0 Å². The largest absolute Gasteiger partial charge is 0.497 e. The number of benzene rings is 1. The second kappa shape index (κ2) is 7.68. The highest BCUT2D eigenvalue weighted by molar-refractivity contribution is 5.74. The van der Waals surface area contributed by atoms with Crippen LogP contribution >= 0.6 is 0 Å². The van der Waals surface area contributed by atoms with Crippen LogP contribution in [-0.4, -0.2) is 36.9 Å². The van der Waals surface area contributed by atoms with Crippen molar-refractivity contribution < 1.29 is 14.6 Å². The standard InChI is InChI=1S/C18H28N2O3/c1-18(2,13-8-10-14(23-3)11-9-13)12-19-17(22)20-15-6-4-5-7-16(15)21/h8-11,15-16,21H,4-7,12H2,1-3H3,(H2,19,20,22). The molecule has 0 radical (unpaired) electrons. The van der Waals surface area contributed by atoms with Gasteiger partial charge in [0.15, 0.2) is 0 Å². The molecule has 128 valence electrons. The number of carbonyl (C=O) groups excluding carboxylic acids is 1. The molecule has 2 unspecified atom stereocenters. The van der Waals surface area contributed by atoms with E-state index in [0.29, 0.717) is 6.54 Å². The monoisotopic (exact) mass is 320 g/mol. The molecular formula is C18H28N2O3. The van der Waals surface area contributed by atoms with E-state index in [1.165, 1.54) is 0 Å². The summed E-state index contributed by atoms with van der Waals surface area (Å²) in [5.74, 6) is 0.821. The van der Waals surface area contributed by atoms with Gasteiger partial charge in [-0.1, -0.05) is 38.8 Å². The average Bonchev–Trinajstić information content (AvgIpc) is 2.55. The lowest BCUT2D eigenvalue weighted by atomic mass is 9.84. The third-order valence-corrected chi connectivity index (χ3v) is 4.61. The summed E-state index contributed by atoms with van der Waals surface area (Å²) in [5.41, 5.74) is 0.950. The number of amides is 2. The Morgan fingerprint density at radius 3 is 2.52 bits per heavy atom. The van der Waals surface area contributed by atoms with Gasteiger partial charge in [0.05, 0.1) is 19.3 Å². The van der Waals surface area contributed by atoms with Crippen LogP contribution in [0.25, 0.3) is 0 Å². The molecule has 1 aliphatic rings. The second-order valence-electron chi connectivity index (χ2n) is 6.90. The molecule has 0 spiro atoms. The Morgan fingerprint density at radius 1 is 1.26 bits per heavy atom. The highest BCUT2D eigenvalue weighted by Gasteiger charge is 2.26. The lowest BCUT2D eigenvalue weighted by molar-refractivity contribution is 0.0942. The van der Waals surface area contributed by atoms with E-state index >= 15 is 0 Å². The van der Waals surface area contributed by atoms with Gasteiger partial charge in [-0.2, -0.15) is 0 Å². The first kappa shape index (κ1) is 17.6. The molecule has 5 heteroatoms. The molecule has 0 heterocycles. The molecule has 0 aromatic heterocycles. The number of ether oxygens (including phenoxy) is 1.